The van der Waals surface area contributed by atoms with Crippen molar-refractivity contribution in [2.24, 2.45) is 0 Å². The minimum atomic E-state index is -3.15. The van der Waals surface area contributed by atoms with E-state index < -0.39 is 10.0 Å². The van der Waals surface area contributed by atoms with Crippen LogP contribution < -0.4 is 4.72 Å². The lowest BCUT2D eigenvalue weighted by Crippen LogP contribution is -2.39. The van der Waals surface area contributed by atoms with Gasteiger partial charge < -0.3 is 10.0 Å². The maximum atomic E-state index is 11.5. The molecular formula is C10H22N2O3S2. The molecule has 0 bridgehead atoms. The van der Waals surface area contributed by atoms with Gasteiger partial charge in [-0.15, -0.1) is 0 Å². The summed E-state index contributed by atoms with van der Waals surface area (Å²) in [6, 6.07) is 0. The highest BCUT2D eigenvalue weighted by atomic mass is 32.2. The lowest BCUT2D eigenvalue weighted by Gasteiger charge is -2.25. The van der Waals surface area contributed by atoms with Crippen molar-refractivity contribution in [3.8, 4) is 0 Å². The van der Waals surface area contributed by atoms with E-state index in [1.54, 1.807) is 0 Å². The van der Waals surface area contributed by atoms with Crippen LogP contribution in [0.25, 0.3) is 0 Å². The zero-order chi connectivity index (χ0) is 12.6. The standard InChI is InChI=1S/C10H22N2O3S2/c13-7-1-2-10-17(14,15)11-3-4-12-5-8-16-9-6-12/h11,13H,1-10H2. The van der Waals surface area contributed by atoms with E-state index in [4.69, 9.17) is 5.11 Å². The van der Waals surface area contributed by atoms with Crippen LogP contribution in [0.3, 0.4) is 0 Å². The molecule has 5 nitrogen and oxygen atoms in total. The lowest BCUT2D eigenvalue weighted by molar-refractivity contribution is 0.287. The van der Waals surface area contributed by atoms with E-state index in [-0.39, 0.29) is 12.4 Å². The molecule has 0 spiro atoms. The third-order valence-electron chi connectivity index (χ3n) is 2.67. The molecule has 0 saturated carbocycles. The molecule has 102 valence electrons. The Morgan fingerprint density at radius 3 is 2.59 bits per heavy atom. The fourth-order valence-electron chi connectivity index (χ4n) is 1.66. The van der Waals surface area contributed by atoms with Crippen LogP contribution in [0, 0.1) is 0 Å². The van der Waals surface area contributed by atoms with Gasteiger partial charge in [-0.2, -0.15) is 11.8 Å². The van der Waals surface area contributed by atoms with Gasteiger partial charge in [-0.3, -0.25) is 0 Å². The van der Waals surface area contributed by atoms with Crippen LogP contribution in [0.5, 0.6) is 0 Å². The summed E-state index contributed by atoms with van der Waals surface area (Å²) in [6.07, 6.45) is 1.07. The Labute approximate surface area is 108 Å². The number of hydrogen-bond acceptors (Lipinski definition) is 5. The first kappa shape index (κ1) is 15.2. The molecular weight excluding hydrogens is 260 g/mol. The van der Waals surface area contributed by atoms with Gasteiger partial charge in [0.2, 0.25) is 10.0 Å². The average Bonchev–Trinajstić information content (AvgIpc) is 2.30. The van der Waals surface area contributed by atoms with Crippen LogP contribution in [-0.4, -0.2) is 68.5 Å². The summed E-state index contributed by atoms with van der Waals surface area (Å²) in [5, 5.41) is 8.59. The van der Waals surface area contributed by atoms with Crippen LogP contribution >= 0.6 is 11.8 Å². The molecule has 17 heavy (non-hydrogen) atoms. The first-order chi connectivity index (χ1) is 8.14. The van der Waals surface area contributed by atoms with E-state index in [1.165, 1.54) is 0 Å². The number of sulfonamides is 1. The summed E-state index contributed by atoms with van der Waals surface area (Å²) < 4.78 is 25.7. The average molecular weight is 282 g/mol. The second kappa shape index (κ2) is 8.31. The van der Waals surface area contributed by atoms with Crippen LogP contribution in [0.1, 0.15) is 12.8 Å². The highest BCUT2D eigenvalue weighted by molar-refractivity contribution is 7.99. The number of hydrogen-bond donors (Lipinski definition) is 2. The molecule has 0 amide bonds. The largest absolute Gasteiger partial charge is 0.396 e. The molecule has 1 heterocycles. The summed E-state index contributed by atoms with van der Waals surface area (Å²) >= 11 is 1.95. The predicted octanol–water partition coefficient (Wildman–Crippen LogP) is -0.273. The zero-order valence-electron chi connectivity index (χ0n) is 10.1. The predicted molar refractivity (Wildman–Crippen MR) is 71.9 cm³/mol. The summed E-state index contributed by atoms with van der Waals surface area (Å²) in [5.41, 5.74) is 0. The topological polar surface area (TPSA) is 69.6 Å². The number of thioether (sulfide) groups is 1. The van der Waals surface area contributed by atoms with Crippen LogP contribution in [0.4, 0.5) is 0 Å². The van der Waals surface area contributed by atoms with E-state index in [1.807, 2.05) is 11.8 Å². The second-order valence-electron chi connectivity index (χ2n) is 4.10. The number of rotatable bonds is 8. The van der Waals surface area contributed by atoms with Gasteiger partial charge in [0.1, 0.15) is 0 Å². The SMILES string of the molecule is O=S(=O)(CCCCO)NCCN1CCSCC1. The van der Waals surface area contributed by atoms with Crippen molar-refractivity contribution in [2.45, 2.75) is 12.8 Å². The maximum absolute atomic E-state index is 11.5. The molecule has 0 unspecified atom stereocenters. The van der Waals surface area contributed by atoms with E-state index >= 15 is 0 Å². The highest BCUT2D eigenvalue weighted by Crippen LogP contribution is 2.08. The Kier molecular flexibility index (Phi) is 7.45. The molecule has 0 aromatic rings. The van der Waals surface area contributed by atoms with Crippen molar-refractivity contribution < 1.29 is 13.5 Å². The molecule has 1 aliphatic rings. The van der Waals surface area contributed by atoms with Gasteiger partial charge in [0.15, 0.2) is 0 Å². The number of unbranched alkanes of at least 4 members (excludes halogenated alkanes) is 1. The molecule has 1 saturated heterocycles. The zero-order valence-corrected chi connectivity index (χ0v) is 11.7. The quantitative estimate of drug-likeness (QED) is 0.600. The number of aliphatic hydroxyl groups excluding tert-OH is 1. The van der Waals surface area contributed by atoms with Crippen molar-refractivity contribution >= 4 is 21.8 Å². The van der Waals surface area contributed by atoms with Crippen LogP contribution in [-0.2, 0) is 10.0 Å². The Balaban J connectivity index is 2.11. The van der Waals surface area contributed by atoms with Gasteiger partial charge in [-0.25, -0.2) is 13.1 Å². The first-order valence-corrected chi connectivity index (χ1v) is 8.83. The summed E-state index contributed by atoms with van der Waals surface area (Å²) in [6.45, 7) is 3.45. The Morgan fingerprint density at radius 1 is 1.24 bits per heavy atom. The minimum Gasteiger partial charge on any atom is -0.396 e. The van der Waals surface area contributed by atoms with Crippen molar-refractivity contribution in [2.75, 3.05) is 50.0 Å². The van der Waals surface area contributed by atoms with Gasteiger partial charge >= 0.3 is 0 Å². The molecule has 2 N–H and O–H groups in total. The van der Waals surface area contributed by atoms with Gasteiger partial charge in [0.05, 0.1) is 5.75 Å². The van der Waals surface area contributed by atoms with E-state index in [2.05, 4.69) is 9.62 Å². The summed E-state index contributed by atoms with van der Waals surface area (Å²) in [5.74, 6) is 2.40. The first-order valence-electron chi connectivity index (χ1n) is 6.02. The molecule has 0 aliphatic carbocycles. The van der Waals surface area contributed by atoms with Crippen molar-refractivity contribution in [3.63, 3.8) is 0 Å². The molecule has 1 fully saturated rings. The summed E-state index contributed by atoms with van der Waals surface area (Å²) in [7, 11) is -3.15. The van der Waals surface area contributed by atoms with Gasteiger partial charge in [0, 0.05) is 44.3 Å². The van der Waals surface area contributed by atoms with Crippen molar-refractivity contribution in [3.05, 3.63) is 0 Å². The molecule has 1 rings (SSSR count). The molecule has 0 aromatic heterocycles. The number of nitrogens with zero attached hydrogens (tertiary/aromatic N) is 1. The van der Waals surface area contributed by atoms with E-state index in [0.29, 0.717) is 19.4 Å². The number of aliphatic hydroxyl groups is 1. The van der Waals surface area contributed by atoms with E-state index in [0.717, 1.165) is 31.1 Å². The maximum Gasteiger partial charge on any atom is 0.211 e. The Hall–Kier alpha value is 0.180. The molecule has 1 aliphatic heterocycles. The monoisotopic (exact) mass is 282 g/mol. The molecule has 0 radical (unpaired) electrons. The Bertz CT molecular complexity index is 290. The van der Waals surface area contributed by atoms with Gasteiger partial charge in [-0.05, 0) is 12.8 Å². The minimum absolute atomic E-state index is 0.0565. The van der Waals surface area contributed by atoms with E-state index in [9.17, 15) is 8.42 Å². The third-order valence-corrected chi connectivity index (χ3v) is 5.09. The lowest BCUT2D eigenvalue weighted by atomic mass is 10.4. The van der Waals surface area contributed by atoms with Crippen LogP contribution in [0.2, 0.25) is 0 Å². The summed E-state index contributed by atoms with van der Waals surface area (Å²) in [4.78, 5) is 2.28. The van der Waals surface area contributed by atoms with Crippen LogP contribution in [0.15, 0.2) is 0 Å². The molecule has 0 atom stereocenters. The third kappa shape index (κ3) is 7.25. The van der Waals surface area contributed by atoms with Gasteiger partial charge in [0.25, 0.3) is 0 Å². The normalized spacial score (nSPS) is 18.4. The van der Waals surface area contributed by atoms with Crippen molar-refractivity contribution in [1.82, 2.24) is 9.62 Å². The molecule has 7 heteroatoms. The fraction of sp³-hybridized carbons (Fsp3) is 1.00. The number of nitrogens with one attached hydrogen (secondary N) is 1. The van der Waals surface area contributed by atoms with Crippen molar-refractivity contribution in [1.29, 1.82) is 0 Å². The Morgan fingerprint density at radius 2 is 1.94 bits per heavy atom. The highest BCUT2D eigenvalue weighted by Gasteiger charge is 2.12. The van der Waals surface area contributed by atoms with Gasteiger partial charge in [-0.1, -0.05) is 0 Å². The second-order valence-corrected chi connectivity index (χ2v) is 7.25. The molecule has 0 aromatic carbocycles. The smallest absolute Gasteiger partial charge is 0.211 e. The fourth-order valence-corrected chi connectivity index (χ4v) is 3.77.